The van der Waals surface area contributed by atoms with Crippen molar-refractivity contribution in [3.63, 3.8) is 0 Å². The molecule has 1 fully saturated rings. The Kier molecular flexibility index (Phi) is 6.90. The molecule has 33 heavy (non-hydrogen) atoms. The van der Waals surface area contributed by atoms with Crippen LogP contribution < -0.4 is 4.74 Å². The number of para-hydroxylation sites is 1. The number of non-ortho nitro benzene ring substituents is 1. The van der Waals surface area contributed by atoms with Gasteiger partial charge < -0.3 is 4.74 Å². The number of nitro groups is 1. The van der Waals surface area contributed by atoms with Crippen LogP contribution in [0.15, 0.2) is 82.2 Å². The lowest BCUT2D eigenvalue weighted by Gasteiger charge is -2.12. The van der Waals surface area contributed by atoms with Gasteiger partial charge in [-0.2, -0.15) is 0 Å². The minimum absolute atomic E-state index is 0.0434. The van der Waals surface area contributed by atoms with Crippen LogP contribution in [0.3, 0.4) is 0 Å². The van der Waals surface area contributed by atoms with Gasteiger partial charge in [-0.05, 0) is 47.2 Å². The highest BCUT2D eigenvalue weighted by molar-refractivity contribution is 9.10. The summed E-state index contributed by atoms with van der Waals surface area (Å²) in [5, 5.41) is 10.4. The Bertz CT molecular complexity index is 1240. The summed E-state index contributed by atoms with van der Waals surface area (Å²) < 4.78 is 6.94. The molecule has 4 rings (SSSR count). The number of halogens is 1. The largest absolute Gasteiger partial charge is 0.488 e. The van der Waals surface area contributed by atoms with E-state index in [9.17, 15) is 19.7 Å². The Morgan fingerprint density at radius 3 is 2.33 bits per heavy atom. The molecule has 1 heterocycles. The van der Waals surface area contributed by atoms with Crippen LogP contribution in [0.2, 0.25) is 0 Å². The fraction of sp³-hybridized carbons (Fsp3) is 0.0833. The van der Waals surface area contributed by atoms with Gasteiger partial charge in [0.05, 0.1) is 16.4 Å². The molecule has 0 spiro atoms. The van der Waals surface area contributed by atoms with Gasteiger partial charge in [0, 0.05) is 22.2 Å². The van der Waals surface area contributed by atoms with E-state index in [2.05, 4.69) is 15.9 Å². The van der Waals surface area contributed by atoms with Crippen molar-refractivity contribution in [1.82, 2.24) is 4.90 Å². The predicted molar refractivity (Wildman–Crippen MR) is 130 cm³/mol. The van der Waals surface area contributed by atoms with E-state index in [1.807, 2.05) is 48.5 Å². The summed E-state index contributed by atoms with van der Waals surface area (Å²) in [7, 11) is 0. The minimum atomic E-state index is -0.497. The average Bonchev–Trinajstić information content (AvgIpc) is 3.07. The SMILES string of the molecule is O=C1S/C(=C\c2ccccc2OCc2ccc(Br)cc2)C(=O)N1Cc1ccc([N+](=O)[O-])cc1. The van der Waals surface area contributed by atoms with Gasteiger partial charge in [0.25, 0.3) is 16.8 Å². The molecule has 0 bridgehead atoms. The van der Waals surface area contributed by atoms with Gasteiger partial charge in [0.2, 0.25) is 0 Å². The number of thioether (sulfide) groups is 1. The van der Waals surface area contributed by atoms with Gasteiger partial charge in [-0.15, -0.1) is 0 Å². The van der Waals surface area contributed by atoms with Gasteiger partial charge in [0.15, 0.2) is 0 Å². The Balaban J connectivity index is 1.49. The summed E-state index contributed by atoms with van der Waals surface area (Å²) in [5.74, 6) is 0.189. The number of benzene rings is 3. The van der Waals surface area contributed by atoms with E-state index in [-0.39, 0.29) is 12.2 Å². The number of carbonyl (C=O) groups excluding carboxylic acids is 2. The third-order valence-electron chi connectivity index (χ3n) is 4.87. The van der Waals surface area contributed by atoms with Gasteiger partial charge in [-0.3, -0.25) is 24.6 Å². The lowest BCUT2D eigenvalue weighted by molar-refractivity contribution is -0.384. The summed E-state index contributed by atoms with van der Waals surface area (Å²) in [5.41, 5.74) is 2.27. The topological polar surface area (TPSA) is 89.8 Å². The number of ether oxygens (including phenoxy) is 1. The van der Waals surface area contributed by atoms with Crippen molar-refractivity contribution < 1.29 is 19.2 Å². The number of hydrogen-bond donors (Lipinski definition) is 0. The van der Waals surface area contributed by atoms with Crippen LogP contribution in [0, 0.1) is 10.1 Å². The molecule has 0 radical (unpaired) electrons. The summed E-state index contributed by atoms with van der Waals surface area (Å²) >= 11 is 4.26. The molecule has 1 aliphatic rings. The molecule has 0 atom stereocenters. The lowest BCUT2D eigenvalue weighted by Crippen LogP contribution is -2.27. The van der Waals surface area contributed by atoms with Crippen molar-refractivity contribution in [2.75, 3.05) is 0 Å². The van der Waals surface area contributed by atoms with E-state index in [1.165, 1.54) is 24.3 Å². The molecular weight excluding hydrogens is 508 g/mol. The monoisotopic (exact) mass is 524 g/mol. The third-order valence-corrected chi connectivity index (χ3v) is 6.31. The summed E-state index contributed by atoms with van der Waals surface area (Å²) in [4.78, 5) is 37.1. The molecule has 0 N–H and O–H groups in total. The molecule has 1 aliphatic heterocycles. The summed E-state index contributed by atoms with van der Waals surface area (Å²) in [6.45, 7) is 0.404. The Morgan fingerprint density at radius 1 is 0.970 bits per heavy atom. The molecule has 3 aromatic rings. The van der Waals surface area contributed by atoms with E-state index in [0.717, 1.165) is 26.7 Å². The van der Waals surface area contributed by atoms with E-state index in [4.69, 9.17) is 4.74 Å². The Hall–Kier alpha value is -3.43. The Labute approximate surface area is 202 Å². The van der Waals surface area contributed by atoms with E-state index in [0.29, 0.717) is 28.4 Å². The van der Waals surface area contributed by atoms with Crippen molar-refractivity contribution in [3.05, 3.63) is 109 Å². The minimum Gasteiger partial charge on any atom is -0.488 e. The first-order valence-corrected chi connectivity index (χ1v) is 11.5. The van der Waals surface area contributed by atoms with E-state index >= 15 is 0 Å². The number of rotatable bonds is 7. The van der Waals surface area contributed by atoms with Crippen LogP contribution in [0.1, 0.15) is 16.7 Å². The van der Waals surface area contributed by atoms with Crippen LogP contribution in [0.4, 0.5) is 10.5 Å². The molecule has 0 aromatic heterocycles. The highest BCUT2D eigenvalue weighted by Crippen LogP contribution is 2.35. The average molecular weight is 525 g/mol. The first kappa shape index (κ1) is 22.8. The molecule has 7 nitrogen and oxygen atoms in total. The molecular formula is C24H17BrN2O5S. The van der Waals surface area contributed by atoms with Crippen LogP contribution in [-0.2, 0) is 17.9 Å². The van der Waals surface area contributed by atoms with Crippen molar-refractivity contribution >= 4 is 50.6 Å². The number of nitro benzene ring substituents is 1. The van der Waals surface area contributed by atoms with Gasteiger partial charge in [-0.1, -0.05) is 58.4 Å². The maximum atomic E-state index is 12.9. The molecule has 0 unspecified atom stereocenters. The summed E-state index contributed by atoms with van der Waals surface area (Å²) in [6, 6.07) is 20.9. The smallest absolute Gasteiger partial charge is 0.293 e. The zero-order valence-electron chi connectivity index (χ0n) is 17.1. The third kappa shape index (κ3) is 5.50. The Morgan fingerprint density at radius 2 is 1.64 bits per heavy atom. The zero-order chi connectivity index (χ0) is 23.4. The second-order valence-corrected chi connectivity index (χ2v) is 9.05. The highest BCUT2D eigenvalue weighted by Gasteiger charge is 2.35. The summed E-state index contributed by atoms with van der Waals surface area (Å²) in [6.07, 6.45) is 1.65. The van der Waals surface area contributed by atoms with Crippen molar-refractivity contribution in [2.24, 2.45) is 0 Å². The number of nitrogens with zero attached hydrogens (tertiary/aromatic N) is 2. The van der Waals surface area contributed by atoms with E-state index in [1.54, 1.807) is 6.08 Å². The van der Waals surface area contributed by atoms with Crippen molar-refractivity contribution in [1.29, 1.82) is 0 Å². The van der Waals surface area contributed by atoms with Gasteiger partial charge in [0.1, 0.15) is 12.4 Å². The van der Waals surface area contributed by atoms with Crippen LogP contribution in [0.5, 0.6) is 5.75 Å². The molecule has 9 heteroatoms. The normalized spacial score (nSPS) is 14.7. The van der Waals surface area contributed by atoms with Crippen LogP contribution in [0.25, 0.3) is 6.08 Å². The molecule has 2 amide bonds. The second kappa shape index (κ2) is 10.0. The standard InChI is InChI=1S/C24H17BrN2O5S/c25-19-9-5-17(6-10-19)15-32-21-4-2-1-3-18(21)13-22-23(28)26(24(29)33-22)14-16-7-11-20(12-8-16)27(30)31/h1-13H,14-15H2/b22-13-. The molecule has 0 aliphatic carbocycles. The van der Waals surface area contributed by atoms with Gasteiger partial charge in [-0.25, -0.2) is 0 Å². The zero-order valence-corrected chi connectivity index (χ0v) is 19.5. The molecule has 0 saturated carbocycles. The number of carbonyl (C=O) groups is 2. The molecule has 1 saturated heterocycles. The number of hydrogen-bond acceptors (Lipinski definition) is 6. The van der Waals surface area contributed by atoms with Crippen molar-refractivity contribution in [3.8, 4) is 5.75 Å². The van der Waals surface area contributed by atoms with Crippen LogP contribution in [-0.4, -0.2) is 21.0 Å². The quantitative estimate of drug-likeness (QED) is 0.208. The predicted octanol–water partition coefficient (Wildman–Crippen LogP) is 6.17. The highest BCUT2D eigenvalue weighted by atomic mass is 79.9. The second-order valence-electron chi connectivity index (χ2n) is 7.14. The maximum Gasteiger partial charge on any atom is 0.293 e. The van der Waals surface area contributed by atoms with Crippen LogP contribution >= 0.6 is 27.7 Å². The molecule has 166 valence electrons. The molecule has 3 aromatic carbocycles. The lowest BCUT2D eigenvalue weighted by atomic mass is 10.1. The number of amides is 2. The fourth-order valence-electron chi connectivity index (χ4n) is 3.16. The first-order valence-electron chi connectivity index (χ1n) is 9.86. The van der Waals surface area contributed by atoms with Crippen molar-refractivity contribution in [2.45, 2.75) is 13.2 Å². The fourth-order valence-corrected chi connectivity index (χ4v) is 4.25. The van der Waals surface area contributed by atoms with Gasteiger partial charge >= 0.3 is 0 Å². The van der Waals surface area contributed by atoms with E-state index < -0.39 is 16.1 Å². The first-order chi connectivity index (χ1) is 15.9. The number of imide groups is 1. The maximum absolute atomic E-state index is 12.9.